The molecule has 0 aliphatic rings. The molecular weight excluding hydrogens is 275 g/mol. The number of aliphatic hydroxyl groups is 1. The zero-order valence-corrected chi connectivity index (χ0v) is 11.7. The molecule has 0 atom stereocenters. The number of halogens is 1. The van der Waals surface area contributed by atoms with Crippen LogP contribution < -0.4 is 10.6 Å². The summed E-state index contributed by atoms with van der Waals surface area (Å²) in [6.45, 7) is 2.14. The summed E-state index contributed by atoms with van der Waals surface area (Å²) < 4.78 is 13.8. The zero-order chi connectivity index (χ0) is 15.7. The molecule has 5 nitrogen and oxygen atoms in total. The van der Waals surface area contributed by atoms with Gasteiger partial charge in [0.25, 0.3) is 5.91 Å². The van der Waals surface area contributed by atoms with Crippen molar-refractivity contribution in [3.8, 4) is 11.8 Å². The number of carbonyl (C=O) groups excluding carboxylic acids is 2. The van der Waals surface area contributed by atoms with E-state index in [1.165, 1.54) is 12.1 Å². The van der Waals surface area contributed by atoms with Gasteiger partial charge in [0.1, 0.15) is 12.4 Å². The van der Waals surface area contributed by atoms with Gasteiger partial charge in [-0.3, -0.25) is 9.59 Å². The molecule has 0 aliphatic heterocycles. The number of amides is 2. The topological polar surface area (TPSA) is 78.4 Å². The Balaban J connectivity index is 2.60. The van der Waals surface area contributed by atoms with Gasteiger partial charge in [0.05, 0.1) is 5.56 Å². The highest BCUT2D eigenvalue weighted by molar-refractivity contribution is 5.94. The SMILES string of the molecule is CCNC(=O)CCNC(=O)c1ccc(C#CCO)cc1F. The Hall–Kier alpha value is -2.39. The third kappa shape index (κ3) is 5.63. The number of hydrogen-bond donors (Lipinski definition) is 3. The molecule has 0 radical (unpaired) electrons. The number of aliphatic hydroxyl groups excluding tert-OH is 1. The molecule has 0 saturated carbocycles. The van der Waals surface area contributed by atoms with Crippen LogP contribution in [0.3, 0.4) is 0 Å². The summed E-state index contributed by atoms with van der Waals surface area (Å²) in [5.74, 6) is 3.49. The molecule has 0 bridgehead atoms. The molecule has 0 saturated heterocycles. The first-order valence-electron chi connectivity index (χ1n) is 6.52. The molecule has 0 unspecified atom stereocenters. The standard InChI is InChI=1S/C15H17FN2O3/c1-2-17-14(20)7-8-18-15(21)12-6-5-11(4-3-9-19)10-13(12)16/h5-6,10,19H,2,7-9H2,1H3,(H,17,20)(H,18,21). The predicted octanol–water partition coefficient (Wildman–Crippen LogP) is 0.425. The van der Waals surface area contributed by atoms with Gasteiger partial charge < -0.3 is 15.7 Å². The maximum absolute atomic E-state index is 13.8. The first-order valence-corrected chi connectivity index (χ1v) is 6.52. The highest BCUT2D eigenvalue weighted by atomic mass is 19.1. The van der Waals surface area contributed by atoms with Gasteiger partial charge in [0, 0.05) is 25.1 Å². The summed E-state index contributed by atoms with van der Waals surface area (Å²) in [6.07, 6.45) is 0.140. The summed E-state index contributed by atoms with van der Waals surface area (Å²) in [7, 11) is 0. The summed E-state index contributed by atoms with van der Waals surface area (Å²) in [4.78, 5) is 23.0. The van der Waals surface area contributed by atoms with Gasteiger partial charge in [-0.2, -0.15) is 0 Å². The number of rotatable bonds is 5. The van der Waals surface area contributed by atoms with Gasteiger partial charge >= 0.3 is 0 Å². The molecule has 3 N–H and O–H groups in total. The average molecular weight is 292 g/mol. The maximum atomic E-state index is 13.8. The fourth-order valence-electron chi connectivity index (χ4n) is 1.59. The number of benzene rings is 1. The molecule has 6 heteroatoms. The first-order chi connectivity index (χ1) is 10.1. The lowest BCUT2D eigenvalue weighted by Crippen LogP contribution is -2.31. The molecule has 0 fully saturated rings. The highest BCUT2D eigenvalue weighted by Crippen LogP contribution is 2.09. The Labute approximate surface area is 122 Å². The molecule has 0 heterocycles. The maximum Gasteiger partial charge on any atom is 0.254 e. The van der Waals surface area contributed by atoms with E-state index in [0.717, 1.165) is 6.07 Å². The van der Waals surface area contributed by atoms with Crippen molar-refractivity contribution in [2.75, 3.05) is 19.7 Å². The Kier molecular flexibility index (Phi) is 6.92. The highest BCUT2D eigenvalue weighted by Gasteiger charge is 2.12. The Morgan fingerprint density at radius 2 is 2.10 bits per heavy atom. The minimum Gasteiger partial charge on any atom is -0.384 e. The van der Waals surface area contributed by atoms with Gasteiger partial charge in [0.2, 0.25) is 5.91 Å². The van der Waals surface area contributed by atoms with E-state index < -0.39 is 11.7 Å². The van der Waals surface area contributed by atoms with Crippen LogP contribution >= 0.6 is 0 Å². The Morgan fingerprint density at radius 1 is 1.33 bits per heavy atom. The Morgan fingerprint density at radius 3 is 2.71 bits per heavy atom. The van der Waals surface area contributed by atoms with Crippen molar-refractivity contribution in [1.82, 2.24) is 10.6 Å². The predicted molar refractivity (Wildman–Crippen MR) is 76.0 cm³/mol. The fourth-order valence-corrected chi connectivity index (χ4v) is 1.59. The number of carbonyl (C=O) groups is 2. The van der Waals surface area contributed by atoms with E-state index in [1.54, 1.807) is 6.92 Å². The molecule has 1 aromatic rings. The second kappa shape index (κ2) is 8.72. The molecule has 2 amide bonds. The van der Waals surface area contributed by atoms with Gasteiger partial charge in [0.15, 0.2) is 0 Å². The third-order valence-corrected chi connectivity index (χ3v) is 2.54. The van der Waals surface area contributed by atoms with Crippen molar-refractivity contribution in [1.29, 1.82) is 0 Å². The van der Waals surface area contributed by atoms with Crippen molar-refractivity contribution in [2.24, 2.45) is 0 Å². The van der Waals surface area contributed by atoms with Crippen LogP contribution in [0.1, 0.15) is 29.3 Å². The van der Waals surface area contributed by atoms with E-state index >= 15 is 0 Å². The van der Waals surface area contributed by atoms with E-state index in [2.05, 4.69) is 22.5 Å². The largest absolute Gasteiger partial charge is 0.384 e. The molecule has 1 aromatic carbocycles. The molecule has 0 spiro atoms. The van der Waals surface area contributed by atoms with Crippen LogP contribution in [0.2, 0.25) is 0 Å². The van der Waals surface area contributed by atoms with Crippen molar-refractivity contribution < 1.29 is 19.1 Å². The van der Waals surface area contributed by atoms with E-state index in [-0.39, 0.29) is 31.0 Å². The quantitative estimate of drug-likeness (QED) is 0.689. The summed E-state index contributed by atoms with van der Waals surface area (Å²) in [5, 5.41) is 13.6. The van der Waals surface area contributed by atoms with Crippen LogP contribution in [0.5, 0.6) is 0 Å². The second-order valence-corrected chi connectivity index (χ2v) is 4.11. The van der Waals surface area contributed by atoms with E-state index in [0.29, 0.717) is 12.1 Å². The van der Waals surface area contributed by atoms with Crippen LogP contribution in [0, 0.1) is 17.7 Å². The van der Waals surface area contributed by atoms with E-state index in [4.69, 9.17) is 5.11 Å². The van der Waals surface area contributed by atoms with E-state index in [1.807, 2.05) is 0 Å². The van der Waals surface area contributed by atoms with Crippen molar-refractivity contribution in [2.45, 2.75) is 13.3 Å². The normalized spacial score (nSPS) is 9.48. The smallest absolute Gasteiger partial charge is 0.254 e. The second-order valence-electron chi connectivity index (χ2n) is 4.11. The van der Waals surface area contributed by atoms with Crippen LogP contribution in [-0.4, -0.2) is 36.6 Å². The molecule has 0 aliphatic carbocycles. The minimum absolute atomic E-state index is 0.111. The number of hydrogen-bond acceptors (Lipinski definition) is 3. The number of nitrogens with one attached hydrogen (secondary N) is 2. The van der Waals surface area contributed by atoms with Crippen molar-refractivity contribution >= 4 is 11.8 Å². The minimum atomic E-state index is -0.699. The zero-order valence-electron chi connectivity index (χ0n) is 11.7. The molecule has 1 rings (SSSR count). The molecule has 21 heavy (non-hydrogen) atoms. The van der Waals surface area contributed by atoms with Crippen molar-refractivity contribution in [3.63, 3.8) is 0 Å². The van der Waals surface area contributed by atoms with Gasteiger partial charge in [-0.1, -0.05) is 11.8 Å². The lowest BCUT2D eigenvalue weighted by Gasteiger charge is -2.06. The van der Waals surface area contributed by atoms with Crippen LogP contribution in [0.4, 0.5) is 4.39 Å². The van der Waals surface area contributed by atoms with Gasteiger partial charge in [-0.15, -0.1) is 0 Å². The molecular formula is C15H17FN2O3. The lowest BCUT2D eigenvalue weighted by molar-refractivity contribution is -0.120. The lowest BCUT2D eigenvalue weighted by atomic mass is 10.1. The van der Waals surface area contributed by atoms with Gasteiger partial charge in [-0.05, 0) is 25.1 Å². The Bertz CT molecular complexity index is 576. The van der Waals surface area contributed by atoms with Crippen LogP contribution in [0.15, 0.2) is 18.2 Å². The molecule has 112 valence electrons. The third-order valence-electron chi connectivity index (χ3n) is 2.54. The molecule has 0 aromatic heterocycles. The summed E-state index contributed by atoms with van der Waals surface area (Å²) >= 11 is 0. The van der Waals surface area contributed by atoms with Crippen molar-refractivity contribution in [3.05, 3.63) is 35.1 Å². The summed E-state index contributed by atoms with van der Waals surface area (Å²) in [6, 6.07) is 3.93. The van der Waals surface area contributed by atoms with Crippen LogP contribution in [0.25, 0.3) is 0 Å². The van der Waals surface area contributed by atoms with E-state index in [9.17, 15) is 14.0 Å². The van der Waals surface area contributed by atoms with Crippen LogP contribution in [-0.2, 0) is 4.79 Å². The monoisotopic (exact) mass is 292 g/mol. The summed E-state index contributed by atoms with van der Waals surface area (Å²) in [5.41, 5.74) is 0.265. The van der Waals surface area contributed by atoms with Gasteiger partial charge in [-0.25, -0.2) is 4.39 Å². The average Bonchev–Trinajstić information content (AvgIpc) is 2.45. The fraction of sp³-hybridized carbons (Fsp3) is 0.333. The first kappa shape index (κ1) is 16.7.